The average Bonchev–Trinajstić information content (AvgIpc) is 2.73. The summed E-state index contributed by atoms with van der Waals surface area (Å²) in [4.78, 5) is 27.0. The summed E-state index contributed by atoms with van der Waals surface area (Å²) in [6.07, 6.45) is 0.771. The Morgan fingerprint density at radius 2 is 1.77 bits per heavy atom. The fraction of sp³-hybridized carbons (Fsp3) is 0.364. The van der Waals surface area contributed by atoms with Gasteiger partial charge in [-0.2, -0.15) is 0 Å². The van der Waals surface area contributed by atoms with Gasteiger partial charge >= 0.3 is 0 Å². The quantitative estimate of drug-likeness (QED) is 0.589. The Hall–Kier alpha value is -2.31. The molecule has 2 rings (SSSR count). The SMILES string of the molecule is CC[C@H](C)NC(=O)[C@@H](C)N(Cc1ccc(Cl)c(Cl)c1)C(=O)COc1ccc(F)cc1. The number of carbonyl (C=O) groups excluding carboxylic acids is 2. The number of hydrogen-bond donors (Lipinski definition) is 1. The van der Waals surface area contributed by atoms with Crippen molar-refractivity contribution in [3.63, 3.8) is 0 Å². The van der Waals surface area contributed by atoms with E-state index in [-0.39, 0.29) is 25.1 Å². The summed E-state index contributed by atoms with van der Waals surface area (Å²) in [6.45, 7) is 5.37. The maximum atomic E-state index is 13.0. The molecule has 0 fully saturated rings. The van der Waals surface area contributed by atoms with E-state index in [1.165, 1.54) is 29.2 Å². The Morgan fingerprint density at radius 1 is 1.10 bits per heavy atom. The molecule has 30 heavy (non-hydrogen) atoms. The molecular weight excluding hydrogens is 430 g/mol. The van der Waals surface area contributed by atoms with Crippen LogP contribution in [0, 0.1) is 5.82 Å². The Balaban J connectivity index is 2.17. The molecule has 2 aromatic carbocycles. The zero-order valence-electron chi connectivity index (χ0n) is 17.1. The van der Waals surface area contributed by atoms with E-state index in [9.17, 15) is 14.0 Å². The predicted molar refractivity (Wildman–Crippen MR) is 116 cm³/mol. The van der Waals surface area contributed by atoms with Crippen molar-refractivity contribution in [1.82, 2.24) is 10.2 Å². The Kier molecular flexibility index (Phi) is 8.93. The van der Waals surface area contributed by atoms with Crippen LogP contribution in [0.4, 0.5) is 4.39 Å². The van der Waals surface area contributed by atoms with Crippen molar-refractivity contribution in [3.05, 3.63) is 63.9 Å². The van der Waals surface area contributed by atoms with Gasteiger partial charge in [0.1, 0.15) is 17.6 Å². The molecule has 2 amide bonds. The molecule has 0 aliphatic rings. The number of nitrogens with one attached hydrogen (secondary N) is 1. The van der Waals surface area contributed by atoms with Crippen molar-refractivity contribution in [2.45, 2.75) is 45.8 Å². The molecule has 8 heteroatoms. The molecule has 0 spiro atoms. The van der Waals surface area contributed by atoms with Gasteiger partial charge in [0.15, 0.2) is 6.61 Å². The molecule has 162 valence electrons. The first-order chi connectivity index (χ1) is 14.2. The van der Waals surface area contributed by atoms with Crippen LogP contribution in [0.1, 0.15) is 32.8 Å². The van der Waals surface area contributed by atoms with Crippen LogP contribution in [0.25, 0.3) is 0 Å². The molecule has 2 atom stereocenters. The summed E-state index contributed by atoms with van der Waals surface area (Å²) >= 11 is 12.1. The summed E-state index contributed by atoms with van der Waals surface area (Å²) in [5.41, 5.74) is 0.725. The normalized spacial score (nSPS) is 12.7. The molecule has 2 aromatic rings. The lowest BCUT2D eigenvalue weighted by atomic mass is 10.1. The monoisotopic (exact) mass is 454 g/mol. The number of ether oxygens (including phenoxy) is 1. The molecule has 5 nitrogen and oxygen atoms in total. The lowest BCUT2D eigenvalue weighted by Crippen LogP contribution is -2.50. The Bertz CT molecular complexity index is 877. The van der Waals surface area contributed by atoms with Gasteiger partial charge in [0.25, 0.3) is 5.91 Å². The number of benzene rings is 2. The van der Waals surface area contributed by atoms with E-state index in [0.29, 0.717) is 15.8 Å². The number of nitrogens with zero attached hydrogens (tertiary/aromatic N) is 1. The van der Waals surface area contributed by atoms with Gasteiger partial charge in [0, 0.05) is 12.6 Å². The lowest BCUT2D eigenvalue weighted by Gasteiger charge is -2.29. The van der Waals surface area contributed by atoms with E-state index in [0.717, 1.165) is 12.0 Å². The smallest absolute Gasteiger partial charge is 0.261 e. The first-order valence-corrected chi connectivity index (χ1v) is 10.4. The Morgan fingerprint density at radius 3 is 2.37 bits per heavy atom. The maximum Gasteiger partial charge on any atom is 0.261 e. The highest BCUT2D eigenvalue weighted by Gasteiger charge is 2.27. The minimum absolute atomic E-state index is 0.0163. The topological polar surface area (TPSA) is 58.6 Å². The molecule has 0 unspecified atom stereocenters. The van der Waals surface area contributed by atoms with Crippen LogP contribution in [-0.4, -0.2) is 35.4 Å². The maximum absolute atomic E-state index is 13.0. The van der Waals surface area contributed by atoms with E-state index in [1.54, 1.807) is 25.1 Å². The molecule has 0 saturated carbocycles. The highest BCUT2D eigenvalue weighted by atomic mass is 35.5. The van der Waals surface area contributed by atoms with Crippen LogP contribution in [-0.2, 0) is 16.1 Å². The third-order valence-corrected chi connectivity index (χ3v) is 5.42. The van der Waals surface area contributed by atoms with E-state index in [2.05, 4.69) is 5.32 Å². The largest absolute Gasteiger partial charge is 0.484 e. The fourth-order valence-electron chi connectivity index (χ4n) is 2.64. The molecule has 0 bridgehead atoms. The number of halogens is 3. The fourth-order valence-corrected chi connectivity index (χ4v) is 2.96. The zero-order valence-corrected chi connectivity index (χ0v) is 18.6. The standard InChI is InChI=1S/C22H25Cl2FN2O3/c1-4-14(2)26-22(29)15(3)27(12-16-5-10-19(23)20(24)11-16)21(28)13-30-18-8-6-17(25)7-9-18/h5-11,14-15H,4,12-13H2,1-3H3,(H,26,29)/t14-,15+/m0/s1. The van der Waals surface area contributed by atoms with Gasteiger partial charge < -0.3 is 15.0 Å². The summed E-state index contributed by atoms with van der Waals surface area (Å²) < 4.78 is 18.5. The van der Waals surface area contributed by atoms with Crippen LogP contribution in [0.5, 0.6) is 5.75 Å². The second kappa shape index (κ2) is 11.2. The van der Waals surface area contributed by atoms with Gasteiger partial charge in [-0.25, -0.2) is 4.39 Å². The molecule has 0 aromatic heterocycles. The number of carbonyl (C=O) groups is 2. The van der Waals surface area contributed by atoms with Gasteiger partial charge in [-0.15, -0.1) is 0 Å². The summed E-state index contributed by atoms with van der Waals surface area (Å²) in [6, 6.07) is 9.65. The van der Waals surface area contributed by atoms with Gasteiger partial charge in [0.2, 0.25) is 5.91 Å². The molecular formula is C22H25Cl2FN2O3. The molecule has 0 aliphatic carbocycles. The number of amides is 2. The second-order valence-corrected chi connectivity index (χ2v) is 7.82. The third-order valence-electron chi connectivity index (χ3n) is 4.68. The van der Waals surface area contributed by atoms with Crippen molar-refractivity contribution < 1.29 is 18.7 Å². The van der Waals surface area contributed by atoms with Crippen LogP contribution in [0.3, 0.4) is 0 Å². The van der Waals surface area contributed by atoms with Crippen molar-refractivity contribution >= 4 is 35.0 Å². The predicted octanol–water partition coefficient (Wildman–Crippen LogP) is 4.84. The highest BCUT2D eigenvalue weighted by Crippen LogP contribution is 2.24. The first-order valence-electron chi connectivity index (χ1n) is 9.63. The van der Waals surface area contributed by atoms with E-state index < -0.39 is 17.8 Å². The molecule has 0 heterocycles. The molecule has 0 aliphatic heterocycles. The molecule has 1 N–H and O–H groups in total. The van der Waals surface area contributed by atoms with Crippen molar-refractivity contribution in [1.29, 1.82) is 0 Å². The minimum Gasteiger partial charge on any atom is -0.484 e. The Labute approximate surface area is 186 Å². The third kappa shape index (κ3) is 6.89. The zero-order chi connectivity index (χ0) is 22.3. The lowest BCUT2D eigenvalue weighted by molar-refractivity contribution is -0.142. The van der Waals surface area contributed by atoms with Gasteiger partial charge in [0.05, 0.1) is 10.0 Å². The second-order valence-electron chi connectivity index (χ2n) is 7.01. The van der Waals surface area contributed by atoms with E-state index >= 15 is 0 Å². The molecule has 0 saturated heterocycles. The van der Waals surface area contributed by atoms with Crippen molar-refractivity contribution in [3.8, 4) is 5.75 Å². The highest BCUT2D eigenvalue weighted by molar-refractivity contribution is 6.42. The van der Waals surface area contributed by atoms with Crippen LogP contribution in [0.15, 0.2) is 42.5 Å². The van der Waals surface area contributed by atoms with Gasteiger partial charge in [-0.05, 0) is 62.2 Å². The van der Waals surface area contributed by atoms with Crippen LogP contribution >= 0.6 is 23.2 Å². The summed E-state index contributed by atoms with van der Waals surface area (Å²) in [5, 5.41) is 3.65. The van der Waals surface area contributed by atoms with E-state index in [4.69, 9.17) is 27.9 Å². The van der Waals surface area contributed by atoms with E-state index in [1.807, 2.05) is 13.8 Å². The van der Waals surface area contributed by atoms with Gasteiger partial charge in [-0.1, -0.05) is 36.2 Å². The van der Waals surface area contributed by atoms with Gasteiger partial charge in [-0.3, -0.25) is 9.59 Å². The van der Waals surface area contributed by atoms with Crippen molar-refractivity contribution in [2.24, 2.45) is 0 Å². The first kappa shape index (κ1) is 24.0. The summed E-state index contributed by atoms with van der Waals surface area (Å²) in [5.74, 6) is -0.696. The number of rotatable bonds is 9. The van der Waals surface area contributed by atoms with Crippen LogP contribution in [0.2, 0.25) is 10.0 Å². The molecule has 0 radical (unpaired) electrons. The van der Waals surface area contributed by atoms with Crippen LogP contribution < -0.4 is 10.1 Å². The van der Waals surface area contributed by atoms with Crippen molar-refractivity contribution in [2.75, 3.05) is 6.61 Å². The average molecular weight is 455 g/mol. The number of hydrogen-bond acceptors (Lipinski definition) is 3. The minimum atomic E-state index is -0.738. The summed E-state index contributed by atoms with van der Waals surface area (Å²) in [7, 11) is 0.